The zero-order valence-electron chi connectivity index (χ0n) is 7.77. The summed E-state index contributed by atoms with van der Waals surface area (Å²) in [5.74, 6) is 0.488. The lowest BCUT2D eigenvalue weighted by atomic mass is 10.1. The van der Waals surface area contributed by atoms with E-state index in [0.717, 1.165) is 5.70 Å². The Kier molecular flexibility index (Phi) is 4.59. The number of carbonyl (C=O) groups excluding carboxylic acids is 1. The Bertz CT molecular complexity index is 159. The van der Waals surface area contributed by atoms with Crippen LogP contribution >= 0.6 is 0 Å². The van der Waals surface area contributed by atoms with Crippen LogP contribution in [0.2, 0.25) is 0 Å². The van der Waals surface area contributed by atoms with Gasteiger partial charge in [-0.25, -0.2) is 0 Å². The van der Waals surface area contributed by atoms with Gasteiger partial charge < -0.3 is 5.32 Å². The van der Waals surface area contributed by atoms with E-state index in [4.69, 9.17) is 0 Å². The van der Waals surface area contributed by atoms with Gasteiger partial charge in [0.25, 0.3) is 0 Å². The van der Waals surface area contributed by atoms with Crippen molar-refractivity contribution in [2.75, 3.05) is 0 Å². The van der Waals surface area contributed by atoms with Crippen molar-refractivity contribution >= 4 is 5.91 Å². The predicted molar refractivity (Wildman–Crippen MR) is 47.0 cm³/mol. The predicted octanol–water partition coefficient (Wildman–Crippen LogP) is 2.07. The second-order valence-electron chi connectivity index (χ2n) is 2.80. The van der Waals surface area contributed by atoms with Crippen molar-refractivity contribution in [2.24, 2.45) is 5.92 Å². The standard InChI is InChI=1S/C9H17NO/c1-5-8(7(3)4)10-9(11)6-2/h5,7H,6H2,1-4H3,(H,10,11)/b8-5+. The van der Waals surface area contributed by atoms with E-state index < -0.39 is 0 Å². The van der Waals surface area contributed by atoms with E-state index in [2.05, 4.69) is 19.2 Å². The van der Waals surface area contributed by atoms with Crippen LogP contribution in [0, 0.1) is 5.92 Å². The average Bonchev–Trinajstić information content (AvgIpc) is 1.99. The molecule has 0 saturated carbocycles. The Morgan fingerprint density at radius 1 is 1.55 bits per heavy atom. The molecule has 0 fully saturated rings. The van der Waals surface area contributed by atoms with Crippen LogP contribution in [0.4, 0.5) is 0 Å². The molecule has 0 unspecified atom stereocenters. The van der Waals surface area contributed by atoms with Crippen LogP contribution in [-0.2, 0) is 4.79 Å². The maximum absolute atomic E-state index is 10.9. The molecule has 0 aromatic carbocycles. The lowest BCUT2D eigenvalue weighted by molar-refractivity contribution is -0.120. The molecule has 1 amide bonds. The number of amides is 1. The maximum Gasteiger partial charge on any atom is 0.223 e. The van der Waals surface area contributed by atoms with Crippen LogP contribution in [0.25, 0.3) is 0 Å². The van der Waals surface area contributed by atoms with Gasteiger partial charge in [0.1, 0.15) is 0 Å². The number of allylic oxidation sites excluding steroid dienone is 2. The highest BCUT2D eigenvalue weighted by molar-refractivity contribution is 5.77. The summed E-state index contributed by atoms with van der Waals surface area (Å²) in [6.07, 6.45) is 2.49. The van der Waals surface area contributed by atoms with E-state index in [1.807, 2.05) is 19.9 Å². The van der Waals surface area contributed by atoms with Gasteiger partial charge in [0.15, 0.2) is 0 Å². The molecule has 0 saturated heterocycles. The zero-order valence-corrected chi connectivity index (χ0v) is 7.77. The minimum Gasteiger partial charge on any atom is -0.330 e. The first-order chi connectivity index (χ1) is 5.11. The highest BCUT2D eigenvalue weighted by atomic mass is 16.1. The topological polar surface area (TPSA) is 29.1 Å². The molecule has 0 atom stereocenters. The third-order valence-corrected chi connectivity index (χ3v) is 1.54. The van der Waals surface area contributed by atoms with Gasteiger partial charge in [-0.1, -0.05) is 26.8 Å². The quantitative estimate of drug-likeness (QED) is 0.664. The Morgan fingerprint density at radius 3 is 2.36 bits per heavy atom. The monoisotopic (exact) mass is 155 g/mol. The summed E-state index contributed by atoms with van der Waals surface area (Å²) < 4.78 is 0. The van der Waals surface area contributed by atoms with E-state index in [9.17, 15) is 4.79 Å². The van der Waals surface area contributed by atoms with Crippen molar-refractivity contribution in [3.8, 4) is 0 Å². The van der Waals surface area contributed by atoms with Crippen molar-refractivity contribution in [2.45, 2.75) is 34.1 Å². The minimum absolute atomic E-state index is 0.0896. The van der Waals surface area contributed by atoms with Crippen molar-refractivity contribution in [3.05, 3.63) is 11.8 Å². The highest BCUT2D eigenvalue weighted by Gasteiger charge is 2.04. The minimum atomic E-state index is 0.0896. The Labute approximate surface area is 68.7 Å². The molecule has 0 spiro atoms. The molecule has 0 aliphatic heterocycles. The van der Waals surface area contributed by atoms with E-state index in [0.29, 0.717) is 12.3 Å². The number of hydrogen-bond donors (Lipinski definition) is 1. The summed E-state index contributed by atoms with van der Waals surface area (Å²) in [6, 6.07) is 0. The molecule has 11 heavy (non-hydrogen) atoms. The second-order valence-corrected chi connectivity index (χ2v) is 2.80. The normalized spacial score (nSPS) is 11.9. The molecule has 0 aliphatic carbocycles. The molecule has 2 heteroatoms. The van der Waals surface area contributed by atoms with Crippen LogP contribution in [0.1, 0.15) is 34.1 Å². The Morgan fingerprint density at radius 2 is 2.09 bits per heavy atom. The van der Waals surface area contributed by atoms with Gasteiger partial charge in [-0.05, 0) is 12.8 Å². The first-order valence-corrected chi connectivity index (χ1v) is 4.07. The zero-order chi connectivity index (χ0) is 8.85. The van der Waals surface area contributed by atoms with Crippen molar-refractivity contribution in [1.29, 1.82) is 0 Å². The van der Waals surface area contributed by atoms with Crippen LogP contribution in [0.5, 0.6) is 0 Å². The van der Waals surface area contributed by atoms with Crippen molar-refractivity contribution in [3.63, 3.8) is 0 Å². The smallest absolute Gasteiger partial charge is 0.223 e. The molecular weight excluding hydrogens is 138 g/mol. The van der Waals surface area contributed by atoms with Crippen LogP contribution in [-0.4, -0.2) is 5.91 Å². The summed E-state index contributed by atoms with van der Waals surface area (Å²) in [5, 5.41) is 2.84. The van der Waals surface area contributed by atoms with Gasteiger partial charge in [-0.2, -0.15) is 0 Å². The van der Waals surface area contributed by atoms with Gasteiger partial charge in [0, 0.05) is 12.1 Å². The van der Waals surface area contributed by atoms with Gasteiger partial charge >= 0.3 is 0 Å². The molecule has 1 N–H and O–H groups in total. The molecule has 0 aromatic heterocycles. The van der Waals surface area contributed by atoms with E-state index in [1.54, 1.807) is 0 Å². The lowest BCUT2D eigenvalue weighted by Gasteiger charge is -2.11. The Balaban J connectivity index is 4.00. The molecular formula is C9H17NO. The first-order valence-electron chi connectivity index (χ1n) is 4.07. The molecule has 0 radical (unpaired) electrons. The number of hydrogen-bond acceptors (Lipinski definition) is 1. The van der Waals surface area contributed by atoms with Gasteiger partial charge in [0.05, 0.1) is 0 Å². The van der Waals surface area contributed by atoms with Crippen LogP contribution in [0.3, 0.4) is 0 Å². The Hall–Kier alpha value is -0.790. The molecule has 0 heterocycles. The fourth-order valence-electron chi connectivity index (χ4n) is 0.799. The maximum atomic E-state index is 10.9. The van der Waals surface area contributed by atoms with Gasteiger partial charge in [-0.3, -0.25) is 4.79 Å². The third-order valence-electron chi connectivity index (χ3n) is 1.54. The first kappa shape index (κ1) is 10.2. The van der Waals surface area contributed by atoms with Gasteiger partial charge in [-0.15, -0.1) is 0 Å². The summed E-state index contributed by atoms with van der Waals surface area (Å²) >= 11 is 0. The van der Waals surface area contributed by atoms with Crippen molar-refractivity contribution < 1.29 is 4.79 Å². The molecule has 0 bridgehead atoms. The number of rotatable bonds is 3. The van der Waals surface area contributed by atoms with E-state index >= 15 is 0 Å². The molecule has 64 valence electrons. The fourth-order valence-corrected chi connectivity index (χ4v) is 0.799. The summed E-state index contributed by atoms with van der Waals surface area (Å²) in [4.78, 5) is 10.9. The third kappa shape index (κ3) is 3.81. The molecule has 0 rings (SSSR count). The lowest BCUT2D eigenvalue weighted by Crippen LogP contribution is -2.24. The molecule has 0 aromatic rings. The largest absolute Gasteiger partial charge is 0.330 e. The van der Waals surface area contributed by atoms with Crippen molar-refractivity contribution in [1.82, 2.24) is 5.32 Å². The summed E-state index contributed by atoms with van der Waals surface area (Å²) in [5.41, 5.74) is 1.01. The van der Waals surface area contributed by atoms with Gasteiger partial charge in [0.2, 0.25) is 5.91 Å². The van der Waals surface area contributed by atoms with Crippen LogP contribution < -0.4 is 5.32 Å². The highest BCUT2D eigenvalue weighted by Crippen LogP contribution is 2.04. The molecule has 2 nitrogen and oxygen atoms in total. The van der Waals surface area contributed by atoms with E-state index in [1.165, 1.54) is 0 Å². The number of carbonyl (C=O) groups is 1. The summed E-state index contributed by atoms with van der Waals surface area (Å²) in [7, 11) is 0. The van der Waals surface area contributed by atoms with E-state index in [-0.39, 0.29) is 5.91 Å². The average molecular weight is 155 g/mol. The SMILES string of the molecule is C/C=C(/NC(=O)CC)C(C)C. The van der Waals surface area contributed by atoms with Crippen LogP contribution in [0.15, 0.2) is 11.8 Å². The fraction of sp³-hybridized carbons (Fsp3) is 0.667. The second kappa shape index (κ2) is 4.94. The number of nitrogens with one attached hydrogen (secondary N) is 1. The molecule has 0 aliphatic rings. The summed E-state index contributed by atoms with van der Waals surface area (Å²) in [6.45, 7) is 7.91.